The number of aromatic nitrogens is 2. The number of nitrogens with zero attached hydrogens (tertiary/aromatic N) is 2. The molecule has 0 spiro atoms. The summed E-state index contributed by atoms with van der Waals surface area (Å²) in [6.07, 6.45) is 8.43. The van der Waals surface area contributed by atoms with Crippen molar-refractivity contribution in [3.8, 4) is 0 Å². The van der Waals surface area contributed by atoms with Gasteiger partial charge in [0.15, 0.2) is 0 Å². The first-order valence-electron chi connectivity index (χ1n) is 7.29. The number of rotatable bonds is 7. The minimum atomic E-state index is 0.119. The molecule has 2 rings (SSSR count). The fourth-order valence-electron chi connectivity index (χ4n) is 2.52. The van der Waals surface area contributed by atoms with Gasteiger partial charge < -0.3 is 16.4 Å². The molecule has 1 saturated carbocycles. The van der Waals surface area contributed by atoms with Gasteiger partial charge in [-0.2, -0.15) is 0 Å². The third-order valence-electron chi connectivity index (χ3n) is 3.61. The molecule has 4 N–H and O–H groups in total. The normalized spacial score (nSPS) is 17.4. The van der Waals surface area contributed by atoms with Crippen LogP contribution in [0.2, 0.25) is 0 Å². The van der Waals surface area contributed by atoms with Gasteiger partial charge in [0.2, 0.25) is 0 Å². The second-order valence-electron chi connectivity index (χ2n) is 5.51. The smallest absolute Gasteiger partial charge is 0.131 e. The number of hydrogen-bond acceptors (Lipinski definition) is 5. The maximum atomic E-state index is 5.71. The molecule has 1 aromatic heterocycles. The van der Waals surface area contributed by atoms with E-state index >= 15 is 0 Å². The molecule has 0 amide bonds. The van der Waals surface area contributed by atoms with E-state index in [0.717, 1.165) is 30.6 Å². The fraction of sp³-hybridized carbons (Fsp3) is 0.714. The first-order valence-corrected chi connectivity index (χ1v) is 7.29. The van der Waals surface area contributed by atoms with Crippen molar-refractivity contribution in [1.82, 2.24) is 9.97 Å². The Morgan fingerprint density at radius 3 is 2.63 bits per heavy atom. The molecule has 1 heterocycles. The summed E-state index contributed by atoms with van der Waals surface area (Å²) in [6.45, 7) is 3.68. The largest absolute Gasteiger partial charge is 0.370 e. The first kappa shape index (κ1) is 14.1. The topological polar surface area (TPSA) is 75.9 Å². The minimum absolute atomic E-state index is 0.119. The van der Waals surface area contributed by atoms with Crippen LogP contribution in [-0.4, -0.2) is 29.1 Å². The fourth-order valence-corrected chi connectivity index (χ4v) is 2.52. The zero-order valence-corrected chi connectivity index (χ0v) is 11.7. The van der Waals surface area contributed by atoms with Crippen molar-refractivity contribution >= 4 is 11.6 Å². The van der Waals surface area contributed by atoms with Crippen molar-refractivity contribution in [2.45, 2.75) is 45.1 Å². The maximum absolute atomic E-state index is 5.71. The zero-order chi connectivity index (χ0) is 13.5. The predicted molar refractivity (Wildman–Crippen MR) is 79.2 cm³/mol. The van der Waals surface area contributed by atoms with E-state index in [1.165, 1.54) is 32.1 Å². The van der Waals surface area contributed by atoms with E-state index in [-0.39, 0.29) is 6.04 Å². The zero-order valence-electron chi connectivity index (χ0n) is 11.7. The molecule has 1 aromatic rings. The highest BCUT2D eigenvalue weighted by Crippen LogP contribution is 2.27. The van der Waals surface area contributed by atoms with Gasteiger partial charge in [-0.3, -0.25) is 0 Å². The van der Waals surface area contributed by atoms with Crippen LogP contribution in [0.5, 0.6) is 0 Å². The highest BCUT2D eigenvalue weighted by atomic mass is 15.1. The molecule has 106 valence electrons. The van der Waals surface area contributed by atoms with Gasteiger partial charge in [0.1, 0.15) is 18.0 Å². The van der Waals surface area contributed by atoms with E-state index in [1.54, 1.807) is 6.33 Å². The molecule has 1 aliphatic carbocycles. The molecular formula is C14H25N5. The summed E-state index contributed by atoms with van der Waals surface area (Å²) >= 11 is 0. The van der Waals surface area contributed by atoms with Gasteiger partial charge in [0.05, 0.1) is 0 Å². The molecule has 0 bridgehead atoms. The highest BCUT2D eigenvalue weighted by Gasteiger charge is 2.14. The van der Waals surface area contributed by atoms with E-state index in [1.807, 2.05) is 13.0 Å². The Morgan fingerprint density at radius 2 is 1.95 bits per heavy atom. The van der Waals surface area contributed by atoms with E-state index in [0.29, 0.717) is 0 Å². The lowest BCUT2D eigenvalue weighted by molar-refractivity contribution is 0.518. The number of hydrogen-bond donors (Lipinski definition) is 3. The Bertz CT molecular complexity index is 374. The van der Waals surface area contributed by atoms with Gasteiger partial charge in [-0.05, 0) is 19.3 Å². The number of anilines is 2. The summed E-state index contributed by atoms with van der Waals surface area (Å²) in [6, 6.07) is 2.06. The lowest BCUT2D eigenvalue weighted by Gasteiger charge is -2.12. The second kappa shape index (κ2) is 7.28. The minimum Gasteiger partial charge on any atom is -0.370 e. The van der Waals surface area contributed by atoms with E-state index in [9.17, 15) is 0 Å². The third kappa shape index (κ3) is 5.03. The Morgan fingerprint density at radius 1 is 1.26 bits per heavy atom. The Labute approximate surface area is 115 Å². The van der Waals surface area contributed by atoms with Crippen molar-refractivity contribution in [2.24, 2.45) is 11.7 Å². The van der Waals surface area contributed by atoms with Crippen molar-refractivity contribution in [1.29, 1.82) is 0 Å². The molecule has 1 atom stereocenters. The van der Waals surface area contributed by atoms with Crippen molar-refractivity contribution in [3.63, 3.8) is 0 Å². The standard InChI is InChI=1S/C14H25N5/c1-11(15)9-17-14-8-13(18-10-19-14)16-7-6-12-4-2-3-5-12/h8,10-12H,2-7,9,15H2,1H3,(H2,16,17,18,19). The highest BCUT2D eigenvalue weighted by molar-refractivity contribution is 5.46. The average molecular weight is 263 g/mol. The van der Waals surface area contributed by atoms with E-state index in [2.05, 4.69) is 20.6 Å². The summed E-state index contributed by atoms with van der Waals surface area (Å²) in [4.78, 5) is 8.42. The molecule has 0 radical (unpaired) electrons. The molecule has 0 saturated heterocycles. The van der Waals surface area contributed by atoms with Gasteiger partial charge in [-0.1, -0.05) is 25.7 Å². The summed E-state index contributed by atoms with van der Waals surface area (Å²) < 4.78 is 0. The summed E-state index contributed by atoms with van der Waals surface area (Å²) in [5.41, 5.74) is 5.71. The van der Waals surface area contributed by atoms with Crippen molar-refractivity contribution < 1.29 is 0 Å². The molecule has 1 unspecified atom stereocenters. The van der Waals surface area contributed by atoms with Crippen molar-refractivity contribution in [2.75, 3.05) is 23.7 Å². The Hall–Kier alpha value is -1.36. The van der Waals surface area contributed by atoms with Gasteiger partial charge in [0, 0.05) is 25.2 Å². The maximum Gasteiger partial charge on any atom is 0.131 e. The van der Waals surface area contributed by atoms with Crippen LogP contribution in [0.15, 0.2) is 12.4 Å². The van der Waals surface area contributed by atoms with E-state index < -0.39 is 0 Å². The monoisotopic (exact) mass is 263 g/mol. The van der Waals surface area contributed by atoms with Gasteiger partial charge >= 0.3 is 0 Å². The lowest BCUT2D eigenvalue weighted by atomic mass is 10.0. The van der Waals surface area contributed by atoms with Gasteiger partial charge in [-0.25, -0.2) is 9.97 Å². The predicted octanol–water partition coefficient (Wildman–Crippen LogP) is 2.23. The van der Waals surface area contributed by atoms with Crippen LogP contribution in [0.1, 0.15) is 39.0 Å². The molecule has 0 aromatic carbocycles. The third-order valence-corrected chi connectivity index (χ3v) is 3.61. The second-order valence-corrected chi connectivity index (χ2v) is 5.51. The Kier molecular flexibility index (Phi) is 5.39. The Balaban J connectivity index is 1.74. The van der Waals surface area contributed by atoms with Gasteiger partial charge in [0.25, 0.3) is 0 Å². The quantitative estimate of drug-likeness (QED) is 0.703. The van der Waals surface area contributed by atoms with Crippen LogP contribution < -0.4 is 16.4 Å². The summed E-state index contributed by atoms with van der Waals surface area (Å²) in [7, 11) is 0. The molecule has 5 nitrogen and oxygen atoms in total. The van der Waals surface area contributed by atoms with Crippen LogP contribution in [0.25, 0.3) is 0 Å². The van der Waals surface area contributed by atoms with Crippen LogP contribution in [0.3, 0.4) is 0 Å². The first-order chi connectivity index (χ1) is 9.24. The average Bonchev–Trinajstić information content (AvgIpc) is 2.90. The molecule has 0 aliphatic heterocycles. The van der Waals surface area contributed by atoms with Crippen LogP contribution in [-0.2, 0) is 0 Å². The number of nitrogens with one attached hydrogen (secondary N) is 2. The van der Waals surface area contributed by atoms with Crippen LogP contribution >= 0.6 is 0 Å². The number of nitrogens with two attached hydrogens (primary N) is 1. The van der Waals surface area contributed by atoms with Gasteiger partial charge in [-0.15, -0.1) is 0 Å². The molecule has 1 aliphatic rings. The molecule has 5 heteroatoms. The van der Waals surface area contributed by atoms with E-state index in [4.69, 9.17) is 5.73 Å². The van der Waals surface area contributed by atoms with Crippen LogP contribution in [0.4, 0.5) is 11.6 Å². The lowest BCUT2D eigenvalue weighted by Crippen LogP contribution is -2.25. The summed E-state index contributed by atoms with van der Waals surface area (Å²) in [5.74, 6) is 2.63. The molecule has 1 fully saturated rings. The van der Waals surface area contributed by atoms with Crippen LogP contribution in [0, 0.1) is 5.92 Å². The molecule has 19 heavy (non-hydrogen) atoms. The molecular weight excluding hydrogens is 238 g/mol. The summed E-state index contributed by atoms with van der Waals surface area (Å²) in [5, 5.41) is 6.58. The SMILES string of the molecule is CC(N)CNc1cc(NCCC2CCCC2)ncn1. The van der Waals surface area contributed by atoms with Crippen molar-refractivity contribution in [3.05, 3.63) is 12.4 Å².